The van der Waals surface area contributed by atoms with Gasteiger partial charge in [-0.15, -0.1) is 0 Å². The van der Waals surface area contributed by atoms with Crippen LogP contribution in [0.3, 0.4) is 0 Å². The molecule has 0 saturated heterocycles. The highest BCUT2D eigenvalue weighted by atomic mass is 31.2. The van der Waals surface area contributed by atoms with E-state index in [2.05, 4.69) is 0 Å². The number of hydrogen-bond acceptors (Lipinski definition) is 4. The summed E-state index contributed by atoms with van der Waals surface area (Å²) in [6.45, 7) is 0. The van der Waals surface area contributed by atoms with Gasteiger partial charge in [0.2, 0.25) is 0 Å². The van der Waals surface area contributed by atoms with E-state index in [9.17, 15) is 14.3 Å². The van der Waals surface area contributed by atoms with E-state index in [-0.39, 0.29) is 5.75 Å². The van der Waals surface area contributed by atoms with Crippen molar-refractivity contribution in [3.8, 4) is 5.75 Å². The van der Waals surface area contributed by atoms with Gasteiger partial charge in [0.15, 0.2) is 0 Å². The second-order valence-electron chi connectivity index (χ2n) is 5.94. The van der Waals surface area contributed by atoms with E-state index in [1.807, 2.05) is 60.7 Å². The van der Waals surface area contributed by atoms with Crippen LogP contribution in [0.15, 0.2) is 84.9 Å². The molecule has 1 N–H and O–H groups in total. The molecule has 5 nitrogen and oxygen atoms in total. The van der Waals surface area contributed by atoms with Crippen LogP contribution in [0.5, 0.6) is 5.75 Å². The van der Waals surface area contributed by atoms with Crippen LogP contribution in [0.4, 0.5) is 0 Å². The Bertz CT molecular complexity index is 910. The second kappa shape index (κ2) is 8.78. The Morgan fingerprint density at radius 2 is 1.48 bits per heavy atom. The van der Waals surface area contributed by atoms with Crippen molar-refractivity contribution in [3.05, 3.63) is 102 Å². The van der Waals surface area contributed by atoms with Gasteiger partial charge in [0, 0.05) is 12.0 Å². The van der Waals surface area contributed by atoms with Crippen LogP contribution in [0.25, 0.3) is 0 Å². The third-order valence-electron chi connectivity index (χ3n) is 3.93. The first kappa shape index (κ1) is 19.1. The van der Waals surface area contributed by atoms with Crippen LogP contribution in [-0.2, 0) is 15.5 Å². The molecule has 2 unspecified atom stereocenters. The van der Waals surface area contributed by atoms with Crippen molar-refractivity contribution in [1.29, 1.82) is 0 Å². The highest BCUT2D eigenvalue weighted by Crippen LogP contribution is 2.48. The fourth-order valence-corrected chi connectivity index (χ4v) is 3.58. The number of rotatable bonds is 8. The zero-order chi connectivity index (χ0) is 19.1. The van der Waals surface area contributed by atoms with Gasteiger partial charge in [-0.25, -0.2) is 4.57 Å². The van der Waals surface area contributed by atoms with E-state index in [0.29, 0.717) is 18.3 Å². The van der Waals surface area contributed by atoms with Gasteiger partial charge in [-0.2, -0.15) is 0 Å². The molecule has 0 bridgehead atoms. The van der Waals surface area contributed by atoms with Crippen molar-refractivity contribution in [2.75, 3.05) is 0 Å². The van der Waals surface area contributed by atoms with E-state index < -0.39 is 13.9 Å². The van der Waals surface area contributed by atoms with E-state index in [1.54, 1.807) is 0 Å². The van der Waals surface area contributed by atoms with Crippen LogP contribution in [0, 0.1) is 0 Å². The molecule has 27 heavy (non-hydrogen) atoms. The predicted molar refractivity (Wildman–Crippen MR) is 103 cm³/mol. The Labute approximate surface area is 157 Å². The summed E-state index contributed by atoms with van der Waals surface area (Å²) in [6, 6.07) is 24.7. The van der Waals surface area contributed by atoms with Crippen molar-refractivity contribution in [1.82, 2.24) is 0 Å². The molecule has 0 spiro atoms. The molecule has 0 saturated carbocycles. The van der Waals surface area contributed by atoms with Crippen LogP contribution >= 0.6 is 7.82 Å². The maximum Gasteiger partial charge on any atom is 0.528 e. The van der Waals surface area contributed by atoms with Gasteiger partial charge in [-0.1, -0.05) is 60.7 Å². The van der Waals surface area contributed by atoms with Crippen LogP contribution in [0.1, 0.15) is 27.6 Å². The quantitative estimate of drug-likeness (QED) is 0.439. The van der Waals surface area contributed by atoms with E-state index in [1.165, 1.54) is 24.3 Å². The minimum absolute atomic E-state index is 0.151. The summed E-state index contributed by atoms with van der Waals surface area (Å²) in [6.07, 6.45) is 0.450. The van der Waals surface area contributed by atoms with Gasteiger partial charge in [0.05, 0.1) is 6.10 Å². The van der Waals surface area contributed by atoms with Gasteiger partial charge in [-0.3, -0.25) is 14.2 Å². The average Bonchev–Trinajstić information content (AvgIpc) is 2.69. The minimum atomic E-state index is -4.38. The molecule has 0 aromatic heterocycles. The van der Waals surface area contributed by atoms with Crippen LogP contribution in [-0.4, -0.2) is 11.2 Å². The summed E-state index contributed by atoms with van der Waals surface area (Å²) in [5.74, 6) is 0.151. The lowest BCUT2D eigenvalue weighted by Gasteiger charge is -2.21. The molecule has 3 aromatic rings. The maximum absolute atomic E-state index is 12.6. The monoisotopic (exact) mass is 382 g/mol. The number of aldehydes is 1. The van der Waals surface area contributed by atoms with Gasteiger partial charge >= 0.3 is 7.82 Å². The maximum atomic E-state index is 12.6. The highest BCUT2D eigenvalue weighted by Gasteiger charge is 2.29. The van der Waals surface area contributed by atoms with E-state index in [4.69, 9.17) is 9.05 Å². The van der Waals surface area contributed by atoms with Gasteiger partial charge in [-0.05, 0) is 35.4 Å². The molecule has 0 aliphatic carbocycles. The van der Waals surface area contributed by atoms with Gasteiger partial charge in [0.25, 0.3) is 0 Å². The van der Waals surface area contributed by atoms with E-state index >= 15 is 0 Å². The van der Waals surface area contributed by atoms with Crippen molar-refractivity contribution in [3.63, 3.8) is 0 Å². The van der Waals surface area contributed by atoms with Crippen LogP contribution < -0.4 is 4.52 Å². The summed E-state index contributed by atoms with van der Waals surface area (Å²) in [5.41, 5.74) is 2.19. The Morgan fingerprint density at radius 3 is 2.07 bits per heavy atom. The lowest BCUT2D eigenvalue weighted by atomic mass is 10.0. The molecule has 0 aliphatic heterocycles. The number of hydrogen-bond donors (Lipinski definition) is 1. The van der Waals surface area contributed by atoms with Crippen molar-refractivity contribution >= 4 is 14.1 Å². The molecule has 3 rings (SSSR count). The number of benzene rings is 3. The molecular weight excluding hydrogens is 363 g/mol. The smallest absolute Gasteiger partial charge is 0.404 e. The summed E-state index contributed by atoms with van der Waals surface area (Å²) in [4.78, 5) is 21.0. The SMILES string of the molecule is O=Cc1ccc(OP(=O)(O)OC(Cc2ccccc2)c2ccccc2)cc1. The van der Waals surface area contributed by atoms with Gasteiger partial charge in [0.1, 0.15) is 12.0 Å². The van der Waals surface area contributed by atoms with Crippen LogP contribution in [0.2, 0.25) is 0 Å². The molecule has 0 fully saturated rings. The lowest BCUT2D eigenvalue weighted by molar-refractivity contribution is 0.112. The Kier molecular flexibility index (Phi) is 6.20. The second-order valence-corrected chi connectivity index (χ2v) is 7.27. The lowest BCUT2D eigenvalue weighted by Crippen LogP contribution is -2.09. The zero-order valence-corrected chi connectivity index (χ0v) is 15.4. The minimum Gasteiger partial charge on any atom is -0.404 e. The third-order valence-corrected chi connectivity index (χ3v) is 4.90. The largest absolute Gasteiger partial charge is 0.528 e. The van der Waals surface area contributed by atoms with Crippen molar-refractivity contribution in [2.24, 2.45) is 0 Å². The standard InChI is InChI=1S/C21H19O5P/c22-16-18-11-13-20(14-12-18)25-27(23,24)26-21(19-9-5-2-6-10-19)15-17-7-3-1-4-8-17/h1-14,16,21H,15H2,(H,23,24). The molecule has 0 heterocycles. The van der Waals surface area contributed by atoms with Crippen molar-refractivity contribution < 1.29 is 23.3 Å². The first-order valence-electron chi connectivity index (χ1n) is 8.41. The summed E-state index contributed by atoms with van der Waals surface area (Å²) in [7, 11) is -4.38. The molecule has 6 heteroatoms. The fourth-order valence-electron chi connectivity index (χ4n) is 2.63. The Morgan fingerprint density at radius 1 is 0.889 bits per heavy atom. The van der Waals surface area contributed by atoms with Crippen molar-refractivity contribution in [2.45, 2.75) is 12.5 Å². The summed E-state index contributed by atoms with van der Waals surface area (Å²) in [5, 5.41) is 0. The Balaban J connectivity index is 1.79. The first-order chi connectivity index (χ1) is 13.1. The molecule has 0 amide bonds. The predicted octanol–water partition coefficient (Wildman–Crippen LogP) is 4.98. The molecule has 0 aliphatic rings. The topological polar surface area (TPSA) is 72.8 Å². The highest BCUT2D eigenvalue weighted by molar-refractivity contribution is 7.47. The first-order valence-corrected chi connectivity index (χ1v) is 9.90. The number of carbonyl (C=O) groups excluding carboxylic acids is 1. The third kappa shape index (κ3) is 5.63. The summed E-state index contributed by atoms with van der Waals surface area (Å²) < 4.78 is 23.2. The normalized spacial score (nSPS) is 14.1. The molecular formula is C21H19O5P. The molecule has 138 valence electrons. The summed E-state index contributed by atoms with van der Waals surface area (Å²) >= 11 is 0. The Hall–Kier alpha value is -2.72. The fraction of sp³-hybridized carbons (Fsp3) is 0.0952. The molecule has 2 atom stereocenters. The molecule has 3 aromatic carbocycles. The zero-order valence-electron chi connectivity index (χ0n) is 14.5. The number of carbonyl (C=O) groups is 1. The van der Waals surface area contributed by atoms with Gasteiger partial charge < -0.3 is 4.52 Å². The number of phosphoric acid groups is 1. The molecule has 0 radical (unpaired) electrons. The number of phosphoric ester groups is 1. The average molecular weight is 382 g/mol. The van der Waals surface area contributed by atoms with E-state index in [0.717, 1.165) is 11.1 Å².